The highest BCUT2D eigenvalue weighted by Crippen LogP contribution is 2.44. The highest BCUT2D eigenvalue weighted by Gasteiger charge is 2.30. The fraction of sp³-hybridized carbons (Fsp3) is 0.0526. The zero-order chi connectivity index (χ0) is 13.8. The van der Waals surface area contributed by atoms with E-state index in [1.54, 1.807) is 0 Å². The molecule has 0 radical (unpaired) electrons. The van der Waals surface area contributed by atoms with Gasteiger partial charge in [-0.05, 0) is 16.7 Å². The van der Waals surface area contributed by atoms with Crippen LogP contribution in [0.2, 0.25) is 0 Å². The van der Waals surface area contributed by atoms with Crippen molar-refractivity contribution in [1.29, 1.82) is 0 Å². The van der Waals surface area contributed by atoms with Crippen LogP contribution in [0.25, 0.3) is 0 Å². The molecule has 0 fully saturated rings. The Balaban J connectivity index is 2.24. The first-order valence-electron chi connectivity index (χ1n) is 6.77. The van der Waals surface area contributed by atoms with Crippen LogP contribution in [-0.4, -0.2) is 0 Å². The van der Waals surface area contributed by atoms with E-state index in [-0.39, 0.29) is 5.16 Å². The first kappa shape index (κ1) is 13.1. The predicted octanol–water partition coefficient (Wildman–Crippen LogP) is 4.85. The molecule has 3 aromatic rings. The normalized spacial score (nSPS) is 11.2. The van der Waals surface area contributed by atoms with Gasteiger partial charge in [0, 0.05) is 0 Å². The zero-order valence-corrected chi connectivity index (χ0v) is 12.4. The van der Waals surface area contributed by atoms with Gasteiger partial charge in [-0.25, -0.2) is 0 Å². The number of hydrogen-bond donors (Lipinski definition) is 0. The Kier molecular flexibility index (Phi) is 3.67. The smallest absolute Gasteiger partial charge is 0.0591 e. The minimum absolute atomic E-state index is 0.205. The number of benzene rings is 3. The molecule has 0 aliphatic carbocycles. The van der Waals surface area contributed by atoms with E-state index in [4.69, 9.17) is 0 Å². The summed E-state index contributed by atoms with van der Waals surface area (Å²) >= 11 is 0. The van der Waals surface area contributed by atoms with Gasteiger partial charge in [-0.3, -0.25) is 0 Å². The van der Waals surface area contributed by atoms with Crippen molar-refractivity contribution >= 4 is 9.24 Å². The van der Waals surface area contributed by atoms with Crippen LogP contribution in [0.4, 0.5) is 0 Å². The molecule has 1 heteroatoms. The van der Waals surface area contributed by atoms with Crippen molar-refractivity contribution in [2.45, 2.75) is 5.16 Å². The number of rotatable bonds is 3. The summed E-state index contributed by atoms with van der Waals surface area (Å²) in [5.41, 5.74) is 3.84. The van der Waals surface area contributed by atoms with Gasteiger partial charge in [-0.15, -0.1) is 9.24 Å². The minimum atomic E-state index is -0.205. The summed E-state index contributed by atoms with van der Waals surface area (Å²) in [6.45, 7) is 0. The van der Waals surface area contributed by atoms with Gasteiger partial charge in [0.15, 0.2) is 0 Å². The molecule has 0 heterocycles. The summed E-state index contributed by atoms with van der Waals surface area (Å²) < 4.78 is 0. The molecule has 3 rings (SSSR count). The van der Waals surface area contributed by atoms with Crippen molar-refractivity contribution in [2.75, 3.05) is 0 Å². The maximum absolute atomic E-state index is 3.06. The molecule has 0 nitrogen and oxygen atoms in total. The molecule has 0 N–H and O–H groups in total. The van der Waals surface area contributed by atoms with Gasteiger partial charge in [0.05, 0.1) is 5.16 Å². The van der Waals surface area contributed by atoms with Crippen LogP contribution in [-0.2, 0) is 5.16 Å². The first-order valence-corrected chi connectivity index (χ1v) is 7.35. The van der Waals surface area contributed by atoms with Crippen molar-refractivity contribution in [3.63, 3.8) is 0 Å². The summed E-state index contributed by atoms with van der Waals surface area (Å²) in [7, 11) is 3.06. The molecular weight excluding hydrogens is 259 g/mol. The van der Waals surface area contributed by atoms with E-state index in [1.165, 1.54) is 16.7 Å². The fourth-order valence-corrected chi connectivity index (χ4v) is 3.18. The maximum Gasteiger partial charge on any atom is 0.0591 e. The Morgan fingerprint density at radius 1 is 0.450 bits per heavy atom. The van der Waals surface area contributed by atoms with Gasteiger partial charge in [0.25, 0.3) is 0 Å². The third kappa shape index (κ3) is 2.28. The quantitative estimate of drug-likeness (QED) is 0.473. The monoisotopic (exact) mass is 276 g/mol. The molecule has 98 valence electrons. The minimum Gasteiger partial charge on any atom is -0.117 e. The molecule has 1 unspecified atom stereocenters. The topological polar surface area (TPSA) is 0 Å². The molecule has 0 aliphatic heterocycles. The second kappa shape index (κ2) is 5.61. The molecule has 0 amide bonds. The lowest BCUT2D eigenvalue weighted by atomic mass is 9.84. The van der Waals surface area contributed by atoms with Gasteiger partial charge >= 0.3 is 0 Å². The Hall–Kier alpha value is -1.91. The lowest BCUT2D eigenvalue weighted by molar-refractivity contribution is 0.897. The molecule has 0 aromatic heterocycles. The lowest BCUT2D eigenvalue weighted by Crippen LogP contribution is -2.21. The molecule has 1 atom stereocenters. The summed E-state index contributed by atoms with van der Waals surface area (Å²) in [6.07, 6.45) is 0. The SMILES string of the molecule is PC(c1ccccc1)(c1ccccc1)c1ccccc1. The Morgan fingerprint density at radius 3 is 0.950 bits per heavy atom. The van der Waals surface area contributed by atoms with Crippen LogP contribution in [0.15, 0.2) is 91.0 Å². The second-order valence-corrected chi connectivity index (χ2v) is 5.77. The van der Waals surface area contributed by atoms with E-state index in [9.17, 15) is 0 Å². The van der Waals surface area contributed by atoms with Crippen molar-refractivity contribution in [2.24, 2.45) is 0 Å². The van der Waals surface area contributed by atoms with E-state index in [0.29, 0.717) is 0 Å². The Morgan fingerprint density at radius 2 is 0.700 bits per heavy atom. The van der Waals surface area contributed by atoms with E-state index >= 15 is 0 Å². The van der Waals surface area contributed by atoms with Crippen molar-refractivity contribution in [3.8, 4) is 0 Å². The molecule has 3 aromatic carbocycles. The van der Waals surface area contributed by atoms with E-state index in [0.717, 1.165) is 0 Å². The molecule has 0 bridgehead atoms. The van der Waals surface area contributed by atoms with Crippen LogP contribution in [0.3, 0.4) is 0 Å². The van der Waals surface area contributed by atoms with Gasteiger partial charge < -0.3 is 0 Å². The molecular formula is C19H17P. The highest BCUT2D eigenvalue weighted by molar-refractivity contribution is 7.19. The van der Waals surface area contributed by atoms with Gasteiger partial charge in [0.2, 0.25) is 0 Å². The van der Waals surface area contributed by atoms with Gasteiger partial charge in [-0.1, -0.05) is 91.0 Å². The molecule has 0 saturated heterocycles. The van der Waals surface area contributed by atoms with Crippen LogP contribution in [0, 0.1) is 0 Å². The average molecular weight is 276 g/mol. The fourth-order valence-electron chi connectivity index (χ4n) is 2.60. The maximum atomic E-state index is 3.06. The van der Waals surface area contributed by atoms with Crippen molar-refractivity contribution in [3.05, 3.63) is 108 Å². The van der Waals surface area contributed by atoms with Crippen LogP contribution in [0.1, 0.15) is 16.7 Å². The third-order valence-corrected chi connectivity index (χ3v) is 4.69. The van der Waals surface area contributed by atoms with Crippen molar-refractivity contribution < 1.29 is 0 Å². The Labute approximate surface area is 122 Å². The predicted molar refractivity (Wildman–Crippen MR) is 88.9 cm³/mol. The highest BCUT2D eigenvalue weighted by atomic mass is 31.0. The summed E-state index contributed by atoms with van der Waals surface area (Å²) in [5, 5.41) is -0.205. The van der Waals surface area contributed by atoms with Crippen molar-refractivity contribution in [1.82, 2.24) is 0 Å². The number of hydrogen-bond acceptors (Lipinski definition) is 0. The van der Waals surface area contributed by atoms with E-state index in [1.807, 2.05) is 0 Å². The van der Waals surface area contributed by atoms with E-state index < -0.39 is 0 Å². The van der Waals surface area contributed by atoms with Crippen LogP contribution < -0.4 is 0 Å². The van der Waals surface area contributed by atoms with Gasteiger partial charge in [0.1, 0.15) is 0 Å². The standard InChI is InChI=1S/C19H17P/c20-19(16-10-4-1-5-11-16,17-12-6-2-7-13-17)18-14-8-3-9-15-18/h1-15H,20H2. The summed E-state index contributed by atoms with van der Waals surface area (Å²) in [4.78, 5) is 0. The van der Waals surface area contributed by atoms with Crippen LogP contribution >= 0.6 is 9.24 Å². The largest absolute Gasteiger partial charge is 0.117 e. The molecule has 0 saturated carbocycles. The van der Waals surface area contributed by atoms with E-state index in [2.05, 4.69) is 100 Å². The summed E-state index contributed by atoms with van der Waals surface area (Å²) in [6, 6.07) is 31.9. The second-order valence-electron chi connectivity index (χ2n) is 4.91. The lowest BCUT2D eigenvalue weighted by Gasteiger charge is -2.31. The average Bonchev–Trinajstić information content (AvgIpc) is 2.56. The Bertz CT molecular complexity index is 563. The third-order valence-electron chi connectivity index (χ3n) is 3.69. The van der Waals surface area contributed by atoms with Crippen LogP contribution in [0.5, 0.6) is 0 Å². The summed E-state index contributed by atoms with van der Waals surface area (Å²) in [5.74, 6) is 0. The molecule has 0 spiro atoms. The molecule has 0 aliphatic rings. The molecule has 20 heavy (non-hydrogen) atoms. The zero-order valence-electron chi connectivity index (χ0n) is 11.2. The first-order chi connectivity index (χ1) is 9.82. The van der Waals surface area contributed by atoms with Gasteiger partial charge in [-0.2, -0.15) is 0 Å².